The largest absolute Gasteiger partial charge is 0.385 e. The van der Waals surface area contributed by atoms with Gasteiger partial charge in [0.15, 0.2) is 5.96 Å². The molecule has 1 aliphatic heterocycles. The number of ether oxygens (including phenoxy) is 1. The number of hydrogen-bond acceptors (Lipinski definition) is 4. The number of methoxy groups -OCH3 is 1. The van der Waals surface area contributed by atoms with Gasteiger partial charge >= 0.3 is 0 Å². The van der Waals surface area contributed by atoms with Crippen LogP contribution in [0.25, 0.3) is 0 Å². The summed E-state index contributed by atoms with van der Waals surface area (Å²) in [6.07, 6.45) is 2.10. The fourth-order valence-electron chi connectivity index (χ4n) is 3.26. The first kappa shape index (κ1) is 21.7. The van der Waals surface area contributed by atoms with E-state index in [0.29, 0.717) is 0 Å². The third kappa shape index (κ3) is 9.22. The zero-order valence-corrected chi connectivity index (χ0v) is 17.1. The fraction of sp³-hybridized carbons (Fsp3) is 0.667. The first-order valence-electron chi connectivity index (χ1n) is 10.3. The molecule has 0 atom stereocenters. The van der Waals surface area contributed by atoms with Gasteiger partial charge in [0.25, 0.3) is 0 Å². The monoisotopic (exact) mass is 375 g/mol. The van der Waals surface area contributed by atoms with Crippen molar-refractivity contribution >= 4 is 5.96 Å². The minimum Gasteiger partial charge on any atom is -0.385 e. The van der Waals surface area contributed by atoms with E-state index in [0.717, 1.165) is 84.3 Å². The van der Waals surface area contributed by atoms with Gasteiger partial charge in [-0.15, -0.1) is 0 Å². The highest BCUT2D eigenvalue weighted by molar-refractivity contribution is 5.79. The van der Waals surface area contributed by atoms with Crippen molar-refractivity contribution in [3.05, 3.63) is 35.9 Å². The van der Waals surface area contributed by atoms with E-state index in [1.165, 1.54) is 5.56 Å². The number of nitrogens with one attached hydrogen (secondary N) is 2. The van der Waals surface area contributed by atoms with Gasteiger partial charge < -0.3 is 20.3 Å². The summed E-state index contributed by atoms with van der Waals surface area (Å²) in [5.41, 5.74) is 1.41. The molecule has 1 heterocycles. The van der Waals surface area contributed by atoms with Gasteiger partial charge in [0, 0.05) is 66.1 Å². The average molecular weight is 376 g/mol. The quantitative estimate of drug-likeness (QED) is 0.351. The van der Waals surface area contributed by atoms with Crippen molar-refractivity contribution in [3.8, 4) is 0 Å². The van der Waals surface area contributed by atoms with Crippen LogP contribution >= 0.6 is 0 Å². The smallest absolute Gasteiger partial charge is 0.191 e. The third-order valence-corrected chi connectivity index (χ3v) is 4.78. The molecule has 1 aromatic rings. The predicted molar refractivity (Wildman–Crippen MR) is 113 cm³/mol. The molecule has 0 saturated carbocycles. The minimum atomic E-state index is 0.763. The zero-order valence-electron chi connectivity index (χ0n) is 17.1. The highest BCUT2D eigenvalue weighted by Gasteiger charge is 2.16. The Balaban J connectivity index is 1.57. The molecule has 0 spiro atoms. The van der Waals surface area contributed by atoms with Crippen LogP contribution in [0.3, 0.4) is 0 Å². The van der Waals surface area contributed by atoms with E-state index in [1.54, 1.807) is 7.11 Å². The third-order valence-electron chi connectivity index (χ3n) is 4.78. The summed E-state index contributed by atoms with van der Waals surface area (Å²) in [4.78, 5) is 9.71. The van der Waals surface area contributed by atoms with E-state index >= 15 is 0 Å². The standard InChI is InChI=1S/C21H37N5O/c1-3-22-21(24-12-8-18-27-2)23-11-7-13-25-14-16-26(17-15-25)19-20-9-5-4-6-10-20/h4-6,9-10H,3,7-8,11-19H2,1-2H3,(H2,22,23,24). The lowest BCUT2D eigenvalue weighted by Gasteiger charge is -2.34. The molecule has 0 bridgehead atoms. The summed E-state index contributed by atoms with van der Waals surface area (Å²) in [5, 5.41) is 6.74. The van der Waals surface area contributed by atoms with E-state index in [2.05, 4.69) is 62.7 Å². The second-order valence-corrected chi connectivity index (χ2v) is 6.99. The van der Waals surface area contributed by atoms with E-state index < -0.39 is 0 Å². The zero-order chi connectivity index (χ0) is 19.2. The van der Waals surface area contributed by atoms with Gasteiger partial charge in [0.1, 0.15) is 0 Å². The van der Waals surface area contributed by atoms with Crippen LogP contribution < -0.4 is 10.6 Å². The number of nitrogens with zero attached hydrogens (tertiary/aromatic N) is 3. The Labute approximate surface area is 165 Å². The highest BCUT2D eigenvalue weighted by Crippen LogP contribution is 2.08. The van der Waals surface area contributed by atoms with Crippen molar-refractivity contribution in [3.63, 3.8) is 0 Å². The molecule has 27 heavy (non-hydrogen) atoms. The van der Waals surface area contributed by atoms with Crippen LogP contribution in [-0.2, 0) is 11.3 Å². The molecular weight excluding hydrogens is 338 g/mol. The van der Waals surface area contributed by atoms with Crippen LogP contribution in [0.5, 0.6) is 0 Å². The van der Waals surface area contributed by atoms with Gasteiger partial charge in [0.2, 0.25) is 0 Å². The number of guanidine groups is 1. The molecule has 152 valence electrons. The van der Waals surface area contributed by atoms with Crippen LogP contribution in [0, 0.1) is 0 Å². The molecule has 0 unspecified atom stereocenters. The van der Waals surface area contributed by atoms with Crippen molar-refractivity contribution in [2.45, 2.75) is 26.3 Å². The molecule has 1 fully saturated rings. The van der Waals surface area contributed by atoms with Gasteiger partial charge in [-0.2, -0.15) is 0 Å². The maximum absolute atomic E-state index is 5.07. The molecule has 1 aliphatic rings. The van der Waals surface area contributed by atoms with Crippen LogP contribution in [0.4, 0.5) is 0 Å². The SMILES string of the molecule is CCNC(=NCCCOC)NCCCN1CCN(Cc2ccccc2)CC1. The number of aliphatic imine (C=N–C) groups is 1. The summed E-state index contributed by atoms with van der Waals surface area (Å²) < 4.78 is 5.07. The first-order valence-corrected chi connectivity index (χ1v) is 10.3. The average Bonchev–Trinajstić information content (AvgIpc) is 2.70. The maximum atomic E-state index is 5.07. The molecule has 6 heteroatoms. The Bertz CT molecular complexity index is 515. The molecule has 2 N–H and O–H groups in total. The second-order valence-electron chi connectivity index (χ2n) is 6.99. The maximum Gasteiger partial charge on any atom is 0.191 e. The van der Waals surface area contributed by atoms with E-state index in [1.807, 2.05) is 0 Å². The molecule has 1 aromatic carbocycles. The number of rotatable bonds is 11. The first-order chi connectivity index (χ1) is 13.3. The Morgan fingerprint density at radius 1 is 1.04 bits per heavy atom. The van der Waals surface area contributed by atoms with Gasteiger partial charge in [-0.3, -0.25) is 9.89 Å². The molecule has 0 radical (unpaired) electrons. The molecule has 0 aromatic heterocycles. The number of benzene rings is 1. The Kier molecular flexibility index (Phi) is 10.9. The molecule has 6 nitrogen and oxygen atoms in total. The van der Waals surface area contributed by atoms with Gasteiger partial charge in [-0.25, -0.2) is 0 Å². The lowest BCUT2D eigenvalue weighted by atomic mass is 10.2. The van der Waals surface area contributed by atoms with Gasteiger partial charge in [-0.1, -0.05) is 30.3 Å². The summed E-state index contributed by atoms with van der Waals surface area (Å²) in [6.45, 7) is 12.4. The Morgan fingerprint density at radius 2 is 1.78 bits per heavy atom. The van der Waals surface area contributed by atoms with Crippen molar-refractivity contribution < 1.29 is 4.74 Å². The molecular formula is C21H37N5O. The van der Waals surface area contributed by atoms with E-state index in [4.69, 9.17) is 4.74 Å². The predicted octanol–water partition coefficient (Wildman–Crippen LogP) is 1.79. The van der Waals surface area contributed by atoms with Crippen LogP contribution in [-0.4, -0.2) is 81.8 Å². The summed E-state index contributed by atoms with van der Waals surface area (Å²) in [6, 6.07) is 10.8. The normalized spacial score (nSPS) is 16.4. The molecule has 0 amide bonds. The number of piperazine rings is 1. The number of hydrogen-bond donors (Lipinski definition) is 2. The van der Waals surface area contributed by atoms with E-state index in [9.17, 15) is 0 Å². The van der Waals surface area contributed by atoms with E-state index in [-0.39, 0.29) is 0 Å². The lowest BCUT2D eigenvalue weighted by molar-refractivity contribution is 0.126. The topological polar surface area (TPSA) is 52.1 Å². The molecule has 2 rings (SSSR count). The van der Waals surface area contributed by atoms with Crippen LogP contribution in [0.2, 0.25) is 0 Å². The lowest BCUT2D eigenvalue weighted by Crippen LogP contribution is -2.46. The summed E-state index contributed by atoms with van der Waals surface area (Å²) in [5.74, 6) is 0.918. The minimum absolute atomic E-state index is 0.763. The molecule has 1 saturated heterocycles. The van der Waals surface area contributed by atoms with Crippen molar-refractivity contribution in [2.75, 3.05) is 66.1 Å². The fourth-order valence-corrected chi connectivity index (χ4v) is 3.26. The van der Waals surface area contributed by atoms with Gasteiger partial charge in [-0.05, 0) is 31.9 Å². The summed E-state index contributed by atoms with van der Waals surface area (Å²) >= 11 is 0. The van der Waals surface area contributed by atoms with Crippen LogP contribution in [0.15, 0.2) is 35.3 Å². The Hall–Kier alpha value is -1.63. The molecule has 0 aliphatic carbocycles. The summed E-state index contributed by atoms with van der Waals surface area (Å²) in [7, 11) is 1.73. The van der Waals surface area contributed by atoms with Crippen molar-refractivity contribution in [1.82, 2.24) is 20.4 Å². The Morgan fingerprint density at radius 3 is 2.48 bits per heavy atom. The second kappa shape index (κ2) is 13.5. The van der Waals surface area contributed by atoms with Crippen molar-refractivity contribution in [2.24, 2.45) is 4.99 Å². The van der Waals surface area contributed by atoms with Crippen LogP contribution in [0.1, 0.15) is 25.3 Å². The van der Waals surface area contributed by atoms with Gasteiger partial charge in [0.05, 0.1) is 0 Å². The van der Waals surface area contributed by atoms with Crippen molar-refractivity contribution in [1.29, 1.82) is 0 Å². The highest BCUT2D eigenvalue weighted by atomic mass is 16.5.